The summed E-state index contributed by atoms with van der Waals surface area (Å²) < 4.78 is 133. The molecule has 308 valence electrons. The van der Waals surface area contributed by atoms with Gasteiger partial charge < -0.3 is 29.2 Å². The molecule has 0 aliphatic carbocycles. The summed E-state index contributed by atoms with van der Waals surface area (Å²) in [5.74, 6) is -6.56. The predicted molar refractivity (Wildman–Crippen MR) is 159 cm³/mol. The quantitative estimate of drug-likeness (QED) is 0.0725. The molecule has 0 aromatic carbocycles. The highest BCUT2D eigenvalue weighted by Gasteiger charge is 2.25. The minimum atomic E-state index is -3.08. The number of carbonyl (C=O) groups is 6. The van der Waals surface area contributed by atoms with Gasteiger partial charge in [0.15, 0.2) is 0 Å². The fraction of sp³-hybridized carbons (Fsp3) is 0.621. The van der Waals surface area contributed by atoms with E-state index in [1.165, 1.54) is 32.3 Å². The van der Waals surface area contributed by atoms with Crippen molar-refractivity contribution in [2.24, 2.45) is 0 Å². The Morgan fingerprint density at radius 1 is 0.717 bits per heavy atom. The third-order valence-corrected chi connectivity index (χ3v) is 4.51. The Bertz CT molecular complexity index is 1180. The van der Waals surface area contributed by atoms with Gasteiger partial charge in [0, 0.05) is 18.5 Å². The van der Waals surface area contributed by atoms with E-state index < -0.39 is 99.2 Å². The number of aromatic nitrogens is 2. The molecule has 1 rings (SSSR count). The van der Waals surface area contributed by atoms with E-state index in [1.807, 2.05) is 0 Å². The van der Waals surface area contributed by atoms with E-state index in [0.717, 1.165) is 4.68 Å². The average molecular weight is 799 g/mol. The minimum absolute atomic E-state index is 0.00315. The van der Waals surface area contributed by atoms with Crippen LogP contribution < -0.4 is 0 Å². The second-order valence-corrected chi connectivity index (χ2v) is 8.64. The molecule has 1 aromatic heterocycles. The number of alkyl halides is 10. The number of carbonyl (C=O) groups excluding carboxylic acids is 5. The summed E-state index contributed by atoms with van der Waals surface area (Å²) in [7, 11) is 0. The van der Waals surface area contributed by atoms with Gasteiger partial charge in [-0.3, -0.25) is 23.9 Å². The van der Waals surface area contributed by atoms with Crippen molar-refractivity contribution in [3.05, 3.63) is 30.6 Å². The third kappa shape index (κ3) is 36.8. The van der Waals surface area contributed by atoms with Crippen molar-refractivity contribution in [2.75, 3.05) is 26.4 Å². The number of carboxylic acid groups (broad SMARTS) is 1. The van der Waals surface area contributed by atoms with Crippen molar-refractivity contribution in [2.45, 2.75) is 91.2 Å². The zero-order chi connectivity index (χ0) is 42.1. The van der Waals surface area contributed by atoms with Gasteiger partial charge in [0.1, 0.15) is 18.6 Å². The summed E-state index contributed by atoms with van der Waals surface area (Å²) in [6.07, 6.45) is -14.5. The third-order valence-electron chi connectivity index (χ3n) is 4.51. The molecule has 14 nitrogen and oxygen atoms in total. The molecule has 0 radical (unpaired) electrons. The molecule has 0 amide bonds. The first-order valence-electron chi connectivity index (χ1n) is 14.8. The number of esters is 4. The number of carboxylic acids is 1. The molecule has 0 saturated carbocycles. The first kappa shape index (κ1) is 55.0. The van der Waals surface area contributed by atoms with Crippen LogP contribution in [0.25, 0.3) is 0 Å². The number of rotatable bonds is 17. The summed E-state index contributed by atoms with van der Waals surface area (Å²) >= 11 is 0. The number of nitrogens with zero attached hydrogens (tertiary/aromatic N) is 2. The fourth-order valence-electron chi connectivity index (χ4n) is 2.41. The molecule has 0 aliphatic heterocycles. The van der Waals surface area contributed by atoms with E-state index in [1.54, 1.807) is 13.8 Å². The molecular weight excluding hydrogens is 758 g/mol. The Kier molecular flexibility index (Phi) is 35.6. The van der Waals surface area contributed by atoms with Crippen LogP contribution in [0.1, 0.15) is 53.0 Å². The molecular formula is C29H40F10N2O12. The van der Waals surface area contributed by atoms with E-state index in [0.29, 0.717) is 12.2 Å². The van der Waals surface area contributed by atoms with Crippen LogP contribution in [-0.2, 0) is 47.7 Å². The first-order chi connectivity index (χ1) is 24.6. The number of aliphatic hydroxyl groups is 1. The van der Waals surface area contributed by atoms with Gasteiger partial charge in [-0.15, -0.1) is 0 Å². The maximum absolute atomic E-state index is 12.3. The second kappa shape index (κ2) is 34.3. The molecule has 2 N–H and O–H groups in total. The van der Waals surface area contributed by atoms with E-state index in [2.05, 4.69) is 24.0 Å². The first-order valence-corrected chi connectivity index (χ1v) is 14.8. The van der Waals surface area contributed by atoms with Crippen molar-refractivity contribution >= 4 is 35.6 Å². The lowest BCUT2D eigenvalue weighted by molar-refractivity contribution is -0.156. The van der Waals surface area contributed by atoms with E-state index in [9.17, 15) is 72.7 Å². The molecule has 24 heteroatoms. The molecule has 2 atom stereocenters. The van der Waals surface area contributed by atoms with E-state index in [-0.39, 0.29) is 26.4 Å². The Morgan fingerprint density at radius 2 is 1.23 bits per heavy atom. The summed E-state index contributed by atoms with van der Waals surface area (Å²) in [6, 6.07) is 0.0875. The fourth-order valence-corrected chi connectivity index (χ4v) is 2.41. The van der Waals surface area contributed by atoms with Crippen LogP contribution in [0.3, 0.4) is 0 Å². The standard InChI is InChI=1S/C7H8F2N2O2.C6H10F2O3.C6H8F2O3.C6H8F2O2.C4H6F2O2/c8-7(9)5(4-6(12)13)11-3-1-2-10-11;2*1-2-11-5(10)3-4(9)6(7)8;1-2-10-6(9)4-3-5(7)8;1-2-8-4(7)3(5)6/h1-3,5,7H,4H2,(H,12,13);4,6,9H,2-3H2,1H3;6H,2-3H2,1H3;3-5H,2H2,1H3;3H,2H2,1H3/b;;;4-3+;. The Balaban J connectivity index is -0.000000286. The van der Waals surface area contributed by atoms with Gasteiger partial charge in [0.2, 0.25) is 5.78 Å². The molecule has 2 unspecified atom stereocenters. The van der Waals surface area contributed by atoms with Crippen LogP contribution in [-0.4, -0.2) is 120 Å². The van der Waals surface area contributed by atoms with Crippen molar-refractivity contribution < 1.29 is 102 Å². The van der Waals surface area contributed by atoms with Crippen LogP contribution in [0.15, 0.2) is 30.6 Å². The van der Waals surface area contributed by atoms with Gasteiger partial charge in [0.25, 0.3) is 25.7 Å². The van der Waals surface area contributed by atoms with Crippen LogP contribution in [0.2, 0.25) is 0 Å². The van der Waals surface area contributed by atoms with E-state index in [4.69, 9.17) is 10.2 Å². The highest BCUT2D eigenvalue weighted by atomic mass is 19.3. The van der Waals surface area contributed by atoms with Crippen LogP contribution in [0.5, 0.6) is 0 Å². The van der Waals surface area contributed by atoms with E-state index >= 15 is 0 Å². The van der Waals surface area contributed by atoms with Gasteiger partial charge in [-0.05, 0) is 39.8 Å². The number of Topliss-reactive ketones (excluding diaryl/α,β-unsaturated/α-hetero) is 1. The lowest BCUT2D eigenvalue weighted by Crippen LogP contribution is -2.22. The predicted octanol–water partition coefficient (Wildman–Crippen LogP) is 4.69. The molecule has 1 heterocycles. The van der Waals surface area contributed by atoms with Crippen molar-refractivity contribution in [1.82, 2.24) is 9.78 Å². The second-order valence-electron chi connectivity index (χ2n) is 8.64. The largest absolute Gasteiger partial charge is 0.481 e. The van der Waals surface area contributed by atoms with Crippen LogP contribution in [0.4, 0.5) is 43.9 Å². The molecule has 0 fully saturated rings. The smallest absolute Gasteiger partial charge is 0.373 e. The zero-order valence-electron chi connectivity index (χ0n) is 28.5. The molecule has 53 heavy (non-hydrogen) atoms. The summed E-state index contributed by atoms with van der Waals surface area (Å²) in [5, 5.41) is 20.4. The number of allylic oxidation sites excluding steroid dienone is 1. The lowest BCUT2D eigenvalue weighted by atomic mass is 10.2. The van der Waals surface area contributed by atoms with Gasteiger partial charge in [-0.2, -0.15) is 13.9 Å². The van der Waals surface area contributed by atoms with Crippen molar-refractivity contribution in [3.8, 4) is 0 Å². The van der Waals surface area contributed by atoms with Gasteiger partial charge >= 0.3 is 36.3 Å². The van der Waals surface area contributed by atoms with Gasteiger partial charge in [-0.25, -0.2) is 44.7 Å². The summed E-state index contributed by atoms with van der Waals surface area (Å²) in [5.41, 5.74) is 0. The maximum Gasteiger partial charge on any atom is 0.373 e. The summed E-state index contributed by atoms with van der Waals surface area (Å²) in [6.45, 7) is 6.60. The highest BCUT2D eigenvalue weighted by Crippen LogP contribution is 2.19. The Morgan fingerprint density at radius 3 is 1.57 bits per heavy atom. The van der Waals surface area contributed by atoms with Crippen LogP contribution >= 0.6 is 0 Å². The van der Waals surface area contributed by atoms with Gasteiger partial charge in [0.05, 0.1) is 39.3 Å². The lowest BCUT2D eigenvalue weighted by Gasteiger charge is -2.13. The minimum Gasteiger partial charge on any atom is -0.481 e. The number of aliphatic hydroxyl groups excluding tert-OH is 1. The normalized spacial score (nSPS) is 11.5. The Hall–Kier alpha value is -4.77. The molecule has 1 aromatic rings. The molecule has 0 spiro atoms. The highest BCUT2D eigenvalue weighted by molar-refractivity contribution is 5.97. The number of halogens is 10. The SMILES string of the molecule is CCOC(=O)/C=C/C(F)F.CCOC(=O)C(F)F.CCOC(=O)CC(=O)C(F)F.CCOC(=O)CC(O)C(F)F.O=C(O)CC(C(F)F)n1cccn1. The number of ketones is 1. The number of hydrogen-bond donors (Lipinski definition) is 2. The maximum atomic E-state index is 12.3. The molecule has 0 bridgehead atoms. The average Bonchev–Trinajstić information content (AvgIpc) is 3.59. The van der Waals surface area contributed by atoms with Gasteiger partial charge in [-0.1, -0.05) is 0 Å². The number of aliphatic carboxylic acids is 1. The number of hydrogen-bond acceptors (Lipinski definition) is 12. The summed E-state index contributed by atoms with van der Waals surface area (Å²) in [4.78, 5) is 61.3. The molecule has 0 aliphatic rings. The zero-order valence-corrected chi connectivity index (χ0v) is 28.5. The topological polar surface area (TPSA) is 198 Å². The molecule has 0 saturated heterocycles. The Labute approximate surface area is 296 Å². The van der Waals surface area contributed by atoms with Crippen molar-refractivity contribution in [3.63, 3.8) is 0 Å². The number of ether oxygens (including phenoxy) is 4. The van der Waals surface area contributed by atoms with Crippen LogP contribution in [0, 0.1) is 0 Å². The monoisotopic (exact) mass is 798 g/mol. The van der Waals surface area contributed by atoms with Crippen molar-refractivity contribution in [1.29, 1.82) is 0 Å².